The third-order valence-electron chi connectivity index (χ3n) is 3.49. The zero-order chi connectivity index (χ0) is 18.6. The maximum absolute atomic E-state index is 12.3. The minimum absolute atomic E-state index is 0.0143. The third kappa shape index (κ3) is 4.66. The topological polar surface area (TPSA) is 82.3 Å². The molecule has 0 unspecified atom stereocenters. The number of hydrogen-bond donors (Lipinski definition) is 0. The molecule has 0 spiro atoms. The maximum Gasteiger partial charge on any atom is 0.276 e. The lowest BCUT2D eigenvalue weighted by Crippen LogP contribution is -2.08. The van der Waals surface area contributed by atoms with Crippen LogP contribution in [0.4, 0.5) is 0 Å². The molecule has 6 nitrogen and oxygen atoms in total. The van der Waals surface area contributed by atoms with Gasteiger partial charge in [-0.25, -0.2) is 8.42 Å². The smallest absolute Gasteiger partial charge is 0.276 e. The predicted molar refractivity (Wildman–Crippen MR) is 103 cm³/mol. The fourth-order valence-corrected chi connectivity index (χ4v) is 4.79. The van der Waals surface area contributed by atoms with E-state index in [2.05, 4.69) is 26.1 Å². The molecule has 0 saturated carbocycles. The predicted octanol–water partition coefficient (Wildman–Crippen LogP) is 4.07. The number of halogens is 1. The van der Waals surface area contributed by atoms with Gasteiger partial charge in [0, 0.05) is 15.8 Å². The fraction of sp³-hybridized carbons (Fsp3) is 0.176. The summed E-state index contributed by atoms with van der Waals surface area (Å²) in [5.74, 6) is 1.43. The van der Waals surface area contributed by atoms with E-state index in [1.54, 1.807) is 43.5 Å². The molecule has 0 aliphatic rings. The molecular formula is C17H15BrN2O4S2. The summed E-state index contributed by atoms with van der Waals surface area (Å²) >= 11 is 4.51. The second-order valence-corrected chi connectivity index (χ2v) is 9.29. The standard InChI is InChI=1S/C17H15BrN2O4S2/c1-23-14-6-2-12(3-7-14)16-19-20-17(24-16)25-10-11-26(21,22)15-8-4-13(18)5-9-15/h2-9H,10-11H2,1H3. The van der Waals surface area contributed by atoms with Gasteiger partial charge in [0.25, 0.3) is 5.22 Å². The Bertz CT molecular complexity index is 971. The van der Waals surface area contributed by atoms with Crippen LogP contribution in [0.2, 0.25) is 0 Å². The number of benzene rings is 2. The van der Waals surface area contributed by atoms with Crippen molar-refractivity contribution in [1.29, 1.82) is 0 Å². The van der Waals surface area contributed by atoms with Crippen LogP contribution in [0, 0.1) is 0 Å². The van der Waals surface area contributed by atoms with E-state index < -0.39 is 9.84 Å². The lowest BCUT2D eigenvalue weighted by atomic mass is 10.2. The van der Waals surface area contributed by atoms with Crippen molar-refractivity contribution in [2.75, 3.05) is 18.6 Å². The molecule has 0 aliphatic heterocycles. The summed E-state index contributed by atoms with van der Waals surface area (Å²) in [4.78, 5) is 0.297. The SMILES string of the molecule is COc1ccc(-c2nnc(SCCS(=O)(=O)c3ccc(Br)cc3)o2)cc1. The molecule has 0 aliphatic carbocycles. The molecule has 0 saturated heterocycles. The lowest BCUT2D eigenvalue weighted by molar-refractivity contribution is 0.414. The van der Waals surface area contributed by atoms with E-state index in [0.717, 1.165) is 15.8 Å². The second kappa shape index (κ2) is 8.24. The van der Waals surface area contributed by atoms with Gasteiger partial charge in [-0.1, -0.05) is 27.7 Å². The molecule has 2 aromatic carbocycles. The Labute approximate surface area is 164 Å². The number of hydrogen-bond acceptors (Lipinski definition) is 7. The molecule has 3 aromatic rings. The van der Waals surface area contributed by atoms with Crippen molar-refractivity contribution in [1.82, 2.24) is 10.2 Å². The van der Waals surface area contributed by atoms with Crippen LogP contribution in [-0.4, -0.2) is 37.2 Å². The van der Waals surface area contributed by atoms with Crippen LogP contribution in [0.15, 0.2) is 67.5 Å². The van der Waals surface area contributed by atoms with Crippen LogP contribution in [0.5, 0.6) is 5.75 Å². The number of methoxy groups -OCH3 is 1. The van der Waals surface area contributed by atoms with E-state index in [9.17, 15) is 8.42 Å². The van der Waals surface area contributed by atoms with Crippen molar-refractivity contribution in [2.45, 2.75) is 10.1 Å². The van der Waals surface area contributed by atoms with Gasteiger partial charge in [-0.05, 0) is 48.5 Å². The number of ether oxygens (including phenoxy) is 1. The Morgan fingerprint density at radius 1 is 1.08 bits per heavy atom. The van der Waals surface area contributed by atoms with Crippen LogP contribution in [0.3, 0.4) is 0 Å². The summed E-state index contributed by atoms with van der Waals surface area (Å²) in [6, 6.07) is 13.8. The normalized spacial score (nSPS) is 11.5. The van der Waals surface area contributed by atoms with Crippen LogP contribution >= 0.6 is 27.7 Å². The number of sulfone groups is 1. The van der Waals surface area contributed by atoms with Crippen molar-refractivity contribution < 1.29 is 17.6 Å². The average molecular weight is 455 g/mol. The van der Waals surface area contributed by atoms with Gasteiger partial charge in [0.05, 0.1) is 17.8 Å². The van der Waals surface area contributed by atoms with E-state index in [-0.39, 0.29) is 5.75 Å². The molecule has 0 fully saturated rings. The molecule has 1 aromatic heterocycles. The first kappa shape index (κ1) is 18.9. The molecule has 136 valence electrons. The van der Waals surface area contributed by atoms with Crippen LogP contribution in [0.1, 0.15) is 0 Å². The minimum atomic E-state index is -3.35. The van der Waals surface area contributed by atoms with Crippen molar-refractivity contribution in [3.8, 4) is 17.2 Å². The highest BCUT2D eigenvalue weighted by Gasteiger charge is 2.16. The number of aromatic nitrogens is 2. The molecule has 0 amide bonds. The molecule has 0 N–H and O–H groups in total. The lowest BCUT2D eigenvalue weighted by Gasteiger charge is -2.03. The van der Waals surface area contributed by atoms with Gasteiger partial charge >= 0.3 is 0 Å². The summed E-state index contributed by atoms with van der Waals surface area (Å²) < 4.78 is 36.1. The van der Waals surface area contributed by atoms with E-state index >= 15 is 0 Å². The van der Waals surface area contributed by atoms with E-state index in [1.807, 2.05) is 12.1 Å². The summed E-state index contributed by atoms with van der Waals surface area (Å²) in [5, 5.41) is 8.28. The molecular weight excluding hydrogens is 440 g/mol. The van der Waals surface area contributed by atoms with Gasteiger partial charge in [0.1, 0.15) is 5.75 Å². The summed E-state index contributed by atoms with van der Waals surface area (Å²) in [6.07, 6.45) is 0. The first-order valence-electron chi connectivity index (χ1n) is 7.57. The van der Waals surface area contributed by atoms with Crippen molar-refractivity contribution in [3.05, 3.63) is 53.0 Å². The molecule has 26 heavy (non-hydrogen) atoms. The number of nitrogens with zero attached hydrogens (tertiary/aromatic N) is 2. The summed E-state index contributed by atoms with van der Waals surface area (Å²) in [5.41, 5.74) is 0.771. The third-order valence-corrected chi connectivity index (χ3v) is 6.83. The number of rotatable bonds is 7. The molecule has 3 rings (SSSR count). The quantitative estimate of drug-likeness (QED) is 0.497. The Morgan fingerprint density at radius 3 is 2.42 bits per heavy atom. The first-order chi connectivity index (χ1) is 12.5. The van der Waals surface area contributed by atoms with Gasteiger partial charge in [0.15, 0.2) is 9.84 Å². The molecule has 9 heteroatoms. The van der Waals surface area contributed by atoms with Crippen molar-refractivity contribution in [3.63, 3.8) is 0 Å². The van der Waals surface area contributed by atoms with Crippen molar-refractivity contribution in [2.24, 2.45) is 0 Å². The van der Waals surface area contributed by atoms with E-state index in [1.165, 1.54) is 11.8 Å². The molecule has 0 radical (unpaired) electrons. The number of thioether (sulfide) groups is 1. The van der Waals surface area contributed by atoms with Crippen molar-refractivity contribution >= 4 is 37.5 Å². The molecule has 0 bridgehead atoms. The van der Waals surface area contributed by atoms with Gasteiger partial charge in [-0.3, -0.25) is 0 Å². The zero-order valence-electron chi connectivity index (χ0n) is 13.8. The molecule has 1 heterocycles. The van der Waals surface area contributed by atoms with Gasteiger partial charge in [-0.15, -0.1) is 10.2 Å². The highest BCUT2D eigenvalue weighted by molar-refractivity contribution is 9.10. The highest BCUT2D eigenvalue weighted by Crippen LogP contribution is 2.25. The van der Waals surface area contributed by atoms with Gasteiger partial charge in [-0.2, -0.15) is 0 Å². The first-order valence-corrected chi connectivity index (χ1v) is 11.0. The zero-order valence-corrected chi connectivity index (χ0v) is 17.0. The fourth-order valence-electron chi connectivity index (χ4n) is 2.12. The van der Waals surface area contributed by atoms with Crippen LogP contribution in [-0.2, 0) is 9.84 Å². The van der Waals surface area contributed by atoms with Crippen LogP contribution in [0.25, 0.3) is 11.5 Å². The average Bonchev–Trinajstić information content (AvgIpc) is 3.11. The van der Waals surface area contributed by atoms with Crippen LogP contribution < -0.4 is 4.74 Å². The Balaban J connectivity index is 1.60. The minimum Gasteiger partial charge on any atom is -0.497 e. The summed E-state index contributed by atoms with van der Waals surface area (Å²) in [6.45, 7) is 0. The Hall–Kier alpha value is -1.84. The largest absolute Gasteiger partial charge is 0.497 e. The summed E-state index contributed by atoms with van der Waals surface area (Å²) in [7, 11) is -1.75. The van der Waals surface area contributed by atoms with E-state index in [0.29, 0.717) is 21.8 Å². The van der Waals surface area contributed by atoms with Gasteiger partial charge < -0.3 is 9.15 Å². The maximum atomic E-state index is 12.3. The monoisotopic (exact) mass is 454 g/mol. The Morgan fingerprint density at radius 2 is 1.77 bits per heavy atom. The highest BCUT2D eigenvalue weighted by atomic mass is 79.9. The Kier molecular flexibility index (Phi) is 6.00. The van der Waals surface area contributed by atoms with Gasteiger partial charge in [0.2, 0.25) is 5.89 Å². The second-order valence-electron chi connectivity index (χ2n) is 5.22. The molecule has 0 atom stereocenters. The van der Waals surface area contributed by atoms with E-state index in [4.69, 9.17) is 9.15 Å².